The predicted molar refractivity (Wildman–Crippen MR) is 105 cm³/mol. The molecule has 0 aliphatic rings. The Kier molecular flexibility index (Phi) is 6.08. The second-order valence-electron chi connectivity index (χ2n) is 7.36. The molecule has 0 bridgehead atoms. The van der Waals surface area contributed by atoms with Crippen molar-refractivity contribution in [3.8, 4) is 5.75 Å². The molecule has 0 unspecified atom stereocenters. The van der Waals surface area contributed by atoms with Crippen molar-refractivity contribution in [2.75, 3.05) is 0 Å². The Balaban J connectivity index is 2.04. The third-order valence-electron chi connectivity index (χ3n) is 3.67. The van der Waals surface area contributed by atoms with Crippen molar-refractivity contribution in [1.82, 2.24) is 4.83 Å². The van der Waals surface area contributed by atoms with Crippen LogP contribution in [0.15, 0.2) is 58.5 Å². The Morgan fingerprint density at radius 1 is 1.00 bits per heavy atom. The molecule has 0 spiro atoms. The lowest BCUT2D eigenvalue weighted by molar-refractivity contribution is 0.242. The van der Waals surface area contributed by atoms with Gasteiger partial charge in [-0.05, 0) is 54.7 Å². The predicted octanol–water partition coefficient (Wildman–Crippen LogP) is 4.08. The van der Waals surface area contributed by atoms with Crippen molar-refractivity contribution in [3.05, 3.63) is 59.7 Å². The van der Waals surface area contributed by atoms with E-state index in [1.54, 1.807) is 12.1 Å². The molecule has 2 aromatic rings. The molecule has 0 aliphatic carbocycles. The average molecular weight is 375 g/mol. The monoisotopic (exact) mass is 374 g/mol. The lowest BCUT2D eigenvalue weighted by Crippen LogP contribution is -2.18. The number of hydrogen-bond donors (Lipinski definition) is 1. The molecule has 0 fully saturated rings. The molecule has 0 heterocycles. The first-order valence-corrected chi connectivity index (χ1v) is 9.98. The molecule has 0 aromatic heterocycles. The lowest BCUT2D eigenvalue weighted by atomic mass is 9.87. The van der Waals surface area contributed by atoms with Crippen LogP contribution >= 0.6 is 0 Å². The van der Waals surface area contributed by atoms with Crippen LogP contribution in [-0.4, -0.2) is 20.7 Å². The van der Waals surface area contributed by atoms with E-state index in [1.165, 1.54) is 23.9 Å². The van der Waals surface area contributed by atoms with Gasteiger partial charge in [0.25, 0.3) is 10.0 Å². The van der Waals surface area contributed by atoms with Crippen molar-refractivity contribution < 1.29 is 13.2 Å². The number of rotatable bonds is 6. The van der Waals surface area contributed by atoms with Gasteiger partial charge in [-0.25, -0.2) is 4.83 Å². The summed E-state index contributed by atoms with van der Waals surface area (Å²) < 4.78 is 30.1. The Hall–Kier alpha value is -2.34. The number of sulfonamides is 1. The molecule has 2 rings (SSSR count). The van der Waals surface area contributed by atoms with Gasteiger partial charge >= 0.3 is 0 Å². The molecule has 2 aromatic carbocycles. The van der Waals surface area contributed by atoms with E-state index in [0.717, 1.165) is 5.56 Å². The van der Waals surface area contributed by atoms with E-state index >= 15 is 0 Å². The second kappa shape index (κ2) is 7.91. The summed E-state index contributed by atoms with van der Waals surface area (Å²) in [4.78, 5) is 2.36. The first kappa shape index (κ1) is 20.0. The Morgan fingerprint density at radius 3 is 2.08 bits per heavy atom. The molecule has 5 nitrogen and oxygen atoms in total. The average Bonchev–Trinajstić information content (AvgIpc) is 2.54. The molecule has 140 valence electrons. The number of benzene rings is 2. The van der Waals surface area contributed by atoms with Crippen LogP contribution in [0.1, 0.15) is 45.7 Å². The minimum Gasteiger partial charge on any atom is -0.491 e. The van der Waals surface area contributed by atoms with Crippen LogP contribution in [0.25, 0.3) is 0 Å². The van der Waals surface area contributed by atoms with Crippen molar-refractivity contribution in [1.29, 1.82) is 0 Å². The normalized spacial score (nSPS) is 12.5. The molecular formula is C20H26N2O3S. The van der Waals surface area contributed by atoms with Gasteiger partial charge in [-0.3, -0.25) is 0 Å². The third kappa shape index (κ3) is 5.59. The van der Waals surface area contributed by atoms with Crippen molar-refractivity contribution in [2.24, 2.45) is 5.10 Å². The highest BCUT2D eigenvalue weighted by atomic mass is 32.2. The molecule has 6 heteroatoms. The first-order chi connectivity index (χ1) is 12.1. The largest absolute Gasteiger partial charge is 0.491 e. The summed E-state index contributed by atoms with van der Waals surface area (Å²) in [6, 6.07) is 14.1. The summed E-state index contributed by atoms with van der Waals surface area (Å²) in [6.45, 7) is 10.2. The SMILES string of the molecule is CC(C)Oc1ccc(S(=O)(=O)N/N=C/c2ccc(C(C)(C)C)cc2)cc1. The van der Waals surface area contributed by atoms with Gasteiger partial charge < -0.3 is 4.74 Å². The van der Waals surface area contributed by atoms with Crippen LogP contribution in [0.2, 0.25) is 0 Å². The molecule has 1 N–H and O–H groups in total. The fraction of sp³-hybridized carbons (Fsp3) is 0.350. The summed E-state index contributed by atoms with van der Waals surface area (Å²) in [6.07, 6.45) is 1.52. The highest BCUT2D eigenvalue weighted by Crippen LogP contribution is 2.22. The zero-order valence-corrected chi connectivity index (χ0v) is 16.7. The highest BCUT2D eigenvalue weighted by molar-refractivity contribution is 7.89. The van der Waals surface area contributed by atoms with E-state index in [2.05, 4.69) is 30.7 Å². The van der Waals surface area contributed by atoms with Crippen molar-refractivity contribution in [2.45, 2.75) is 51.0 Å². The highest BCUT2D eigenvalue weighted by Gasteiger charge is 2.14. The van der Waals surface area contributed by atoms with Crippen LogP contribution in [0.4, 0.5) is 0 Å². The van der Waals surface area contributed by atoms with Crippen molar-refractivity contribution >= 4 is 16.2 Å². The summed E-state index contributed by atoms with van der Waals surface area (Å²) in [5.74, 6) is 0.626. The summed E-state index contributed by atoms with van der Waals surface area (Å²) in [7, 11) is -3.71. The van der Waals surface area contributed by atoms with Gasteiger partial charge in [-0.1, -0.05) is 45.0 Å². The standard InChI is InChI=1S/C20H26N2O3S/c1-15(2)25-18-10-12-19(13-11-18)26(23,24)22-21-14-16-6-8-17(9-7-16)20(3,4)5/h6-15,22H,1-5H3/b21-14+. The molecule has 26 heavy (non-hydrogen) atoms. The number of hydrazone groups is 1. The number of nitrogens with zero attached hydrogens (tertiary/aromatic N) is 1. The van der Waals surface area contributed by atoms with E-state index < -0.39 is 10.0 Å². The zero-order valence-electron chi connectivity index (χ0n) is 15.9. The molecule has 0 amide bonds. The first-order valence-electron chi connectivity index (χ1n) is 8.50. The van der Waals surface area contributed by atoms with Gasteiger partial charge in [0.15, 0.2) is 0 Å². The molecular weight excluding hydrogens is 348 g/mol. The van der Waals surface area contributed by atoms with Gasteiger partial charge in [0.1, 0.15) is 5.75 Å². The Morgan fingerprint density at radius 2 is 1.58 bits per heavy atom. The fourth-order valence-electron chi connectivity index (χ4n) is 2.26. The van der Waals surface area contributed by atoms with Crippen LogP contribution in [0, 0.1) is 0 Å². The zero-order chi connectivity index (χ0) is 19.4. The van der Waals surface area contributed by atoms with Crippen molar-refractivity contribution in [3.63, 3.8) is 0 Å². The van der Waals surface area contributed by atoms with Gasteiger partial charge in [-0.2, -0.15) is 13.5 Å². The van der Waals surface area contributed by atoms with Gasteiger partial charge in [0, 0.05) is 0 Å². The van der Waals surface area contributed by atoms with Crippen LogP contribution < -0.4 is 9.57 Å². The fourth-order valence-corrected chi connectivity index (χ4v) is 3.05. The van der Waals surface area contributed by atoms with Gasteiger partial charge in [0.2, 0.25) is 0 Å². The maximum atomic E-state index is 12.3. The molecule has 0 atom stereocenters. The van der Waals surface area contributed by atoms with Crippen LogP contribution in [0.3, 0.4) is 0 Å². The Bertz CT molecular complexity index is 847. The van der Waals surface area contributed by atoms with E-state index in [4.69, 9.17) is 4.74 Å². The molecule has 0 saturated heterocycles. The second-order valence-corrected chi connectivity index (χ2v) is 9.02. The van der Waals surface area contributed by atoms with E-state index in [-0.39, 0.29) is 16.4 Å². The number of ether oxygens (including phenoxy) is 1. The maximum Gasteiger partial charge on any atom is 0.276 e. The van der Waals surface area contributed by atoms with Gasteiger partial charge in [0.05, 0.1) is 17.2 Å². The Labute approximate surface area is 156 Å². The minimum atomic E-state index is -3.71. The van der Waals surface area contributed by atoms with E-state index in [9.17, 15) is 8.42 Å². The van der Waals surface area contributed by atoms with E-state index in [0.29, 0.717) is 5.75 Å². The lowest BCUT2D eigenvalue weighted by Gasteiger charge is -2.18. The molecule has 0 aliphatic heterocycles. The quantitative estimate of drug-likeness (QED) is 0.612. The third-order valence-corrected chi connectivity index (χ3v) is 4.91. The molecule has 0 saturated carbocycles. The summed E-state index contributed by atoms with van der Waals surface area (Å²) >= 11 is 0. The topological polar surface area (TPSA) is 67.8 Å². The maximum absolute atomic E-state index is 12.3. The van der Waals surface area contributed by atoms with Crippen LogP contribution in [0.5, 0.6) is 5.75 Å². The number of hydrogen-bond acceptors (Lipinski definition) is 4. The minimum absolute atomic E-state index is 0.0323. The summed E-state index contributed by atoms with van der Waals surface area (Å²) in [5.41, 5.74) is 2.10. The molecule has 0 radical (unpaired) electrons. The van der Waals surface area contributed by atoms with E-state index in [1.807, 2.05) is 38.1 Å². The smallest absolute Gasteiger partial charge is 0.276 e. The van der Waals surface area contributed by atoms with Crippen LogP contribution in [-0.2, 0) is 15.4 Å². The van der Waals surface area contributed by atoms with Gasteiger partial charge in [-0.15, -0.1) is 0 Å². The summed E-state index contributed by atoms with van der Waals surface area (Å²) in [5, 5.41) is 3.86. The number of nitrogens with one attached hydrogen (secondary N) is 1.